The quantitative estimate of drug-likeness (QED) is 0.812. The summed E-state index contributed by atoms with van der Waals surface area (Å²) >= 11 is 0. The van der Waals surface area contributed by atoms with E-state index in [0.717, 1.165) is 11.1 Å². The summed E-state index contributed by atoms with van der Waals surface area (Å²) in [5.41, 5.74) is 3.93. The van der Waals surface area contributed by atoms with Gasteiger partial charge in [0.2, 0.25) is 15.9 Å². The Kier molecular flexibility index (Phi) is 6.05. The van der Waals surface area contributed by atoms with E-state index in [4.69, 9.17) is 4.74 Å². The van der Waals surface area contributed by atoms with Crippen LogP contribution in [0, 0.1) is 27.7 Å². The molecule has 7 heteroatoms. The van der Waals surface area contributed by atoms with Crippen molar-refractivity contribution in [2.45, 2.75) is 32.6 Å². The van der Waals surface area contributed by atoms with Gasteiger partial charge in [0.15, 0.2) is 0 Å². The van der Waals surface area contributed by atoms with Crippen molar-refractivity contribution in [2.24, 2.45) is 0 Å². The van der Waals surface area contributed by atoms with Crippen molar-refractivity contribution in [1.29, 1.82) is 0 Å². The zero-order chi connectivity index (χ0) is 19.5. The molecule has 0 aliphatic rings. The number of carbonyl (C=O) groups is 1. The number of benzene rings is 2. The Morgan fingerprint density at radius 2 is 1.69 bits per heavy atom. The number of rotatable bonds is 6. The van der Waals surface area contributed by atoms with Crippen molar-refractivity contribution < 1.29 is 17.9 Å². The standard InChI is InChI=1S/C19H24N2O4S/c1-12-6-7-16(13(2)8-12)21-19(22)11-20-26(23,24)18-10-14(3)17(25-5)9-15(18)4/h6-10,20H,11H2,1-5H3,(H,21,22). The topological polar surface area (TPSA) is 84.5 Å². The van der Waals surface area contributed by atoms with Crippen molar-refractivity contribution in [3.8, 4) is 5.75 Å². The van der Waals surface area contributed by atoms with Crippen LogP contribution in [0.3, 0.4) is 0 Å². The molecule has 1 amide bonds. The second-order valence-electron chi connectivity index (χ2n) is 6.28. The minimum atomic E-state index is -3.81. The molecule has 0 aromatic heterocycles. The van der Waals surface area contributed by atoms with Gasteiger partial charge in [0.25, 0.3) is 0 Å². The normalized spacial score (nSPS) is 11.3. The molecule has 2 rings (SSSR count). The minimum Gasteiger partial charge on any atom is -0.496 e. The van der Waals surface area contributed by atoms with E-state index in [-0.39, 0.29) is 11.4 Å². The van der Waals surface area contributed by atoms with Crippen LogP contribution in [0.15, 0.2) is 35.2 Å². The van der Waals surface area contributed by atoms with Gasteiger partial charge in [0.05, 0.1) is 18.6 Å². The van der Waals surface area contributed by atoms with Crippen molar-refractivity contribution >= 4 is 21.6 Å². The van der Waals surface area contributed by atoms with Gasteiger partial charge in [-0.25, -0.2) is 13.1 Å². The number of hydrogen-bond donors (Lipinski definition) is 2. The summed E-state index contributed by atoms with van der Waals surface area (Å²) in [6, 6.07) is 8.84. The molecular weight excluding hydrogens is 352 g/mol. The van der Waals surface area contributed by atoms with Gasteiger partial charge >= 0.3 is 0 Å². The molecule has 140 valence electrons. The van der Waals surface area contributed by atoms with E-state index in [1.807, 2.05) is 26.0 Å². The van der Waals surface area contributed by atoms with E-state index in [2.05, 4.69) is 10.0 Å². The van der Waals surface area contributed by atoms with Crippen molar-refractivity contribution in [3.05, 3.63) is 52.6 Å². The summed E-state index contributed by atoms with van der Waals surface area (Å²) in [5.74, 6) is 0.192. The molecule has 6 nitrogen and oxygen atoms in total. The first-order chi connectivity index (χ1) is 12.1. The van der Waals surface area contributed by atoms with E-state index in [1.54, 1.807) is 32.0 Å². The lowest BCUT2D eigenvalue weighted by Crippen LogP contribution is -2.33. The van der Waals surface area contributed by atoms with Gasteiger partial charge in [0, 0.05) is 5.69 Å². The lowest BCUT2D eigenvalue weighted by molar-refractivity contribution is -0.115. The van der Waals surface area contributed by atoms with Crippen molar-refractivity contribution in [2.75, 3.05) is 19.0 Å². The molecular formula is C19H24N2O4S. The van der Waals surface area contributed by atoms with Crippen LogP contribution in [0.1, 0.15) is 22.3 Å². The zero-order valence-corrected chi connectivity index (χ0v) is 16.5. The maximum Gasteiger partial charge on any atom is 0.241 e. The number of sulfonamides is 1. The van der Waals surface area contributed by atoms with E-state index in [9.17, 15) is 13.2 Å². The third-order valence-corrected chi connectivity index (χ3v) is 5.60. The highest BCUT2D eigenvalue weighted by molar-refractivity contribution is 7.89. The van der Waals surface area contributed by atoms with Crippen LogP contribution in [0.4, 0.5) is 5.69 Å². The van der Waals surface area contributed by atoms with E-state index < -0.39 is 15.9 Å². The van der Waals surface area contributed by atoms with Crippen molar-refractivity contribution in [1.82, 2.24) is 4.72 Å². The fraction of sp³-hybridized carbons (Fsp3) is 0.316. The van der Waals surface area contributed by atoms with Crippen LogP contribution in [0.5, 0.6) is 5.75 Å². The number of ether oxygens (including phenoxy) is 1. The highest BCUT2D eigenvalue weighted by Gasteiger charge is 2.20. The lowest BCUT2D eigenvalue weighted by atomic mass is 10.1. The Bertz CT molecular complexity index is 937. The van der Waals surface area contributed by atoms with Gasteiger partial charge < -0.3 is 10.1 Å². The second-order valence-corrected chi connectivity index (χ2v) is 8.01. The minimum absolute atomic E-state index is 0.134. The monoisotopic (exact) mass is 376 g/mol. The van der Waals surface area contributed by atoms with Crippen LogP contribution in [-0.2, 0) is 14.8 Å². The van der Waals surface area contributed by atoms with Gasteiger partial charge in [-0.2, -0.15) is 0 Å². The number of anilines is 1. The maximum atomic E-state index is 12.5. The number of amides is 1. The summed E-state index contributed by atoms with van der Waals surface area (Å²) < 4.78 is 32.6. The van der Waals surface area contributed by atoms with Gasteiger partial charge in [-0.05, 0) is 62.6 Å². The molecule has 0 radical (unpaired) electrons. The first-order valence-corrected chi connectivity index (χ1v) is 9.64. The molecule has 26 heavy (non-hydrogen) atoms. The molecule has 0 saturated heterocycles. The Balaban J connectivity index is 2.10. The summed E-state index contributed by atoms with van der Waals surface area (Å²) in [7, 11) is -2.28. The molecule has 0 aliphatic heterocycles. The van der Waals surface area contributed by atoms with Crippen LogP contribution < -0.4 is 14.8 Å². The molecule has 0 aliphatic carbocycles. The number of aryl methyl sites for hydroxylation is 4. The summed E-state index contributed by atoms with van der Waals surface area (Å²) in [4.78, 5) is 12.3. The zero-order valence-electron chi connectivity index (χ0n) is 15.6. The Morgan fingerprint density at radius 1 is 1.00 bits per heavy atom. The van der Waals surface area contributed by atoms with Crippen LogP contribution in [-0.4, -0.2) is 28.0 Å². The molecule has 0 unspecified atom stereocenters. The first-order valence-electron chi connectivity index (χ1n) is 8.16. The largest absolute Gasteiger partial charge is 0.496 e. The summed E-state index contributed by atoms with van der Waals surface area (Å²) in [6.07, 6.45) is 0. The molecule has 2 aromatic carbocycles. The summed E-state index contributed by atoms with van der Waals surface area (Å²) in [6.45, 7) is 6.96. The fourth-order valence-corrected chi connectivity index (χ4v) is 3.95. The molecule has 0 heterocycles. The molecule has 0 saturated carbocycles. The van der Waals surface area contributed by atoms with E-state index >= 15 is 0 Å². The van der Waals surface area contributed by atoms with Gasteiger partial charge in [-0.15, -0.1) is 0 Å². The predicted octanol–water partition coefficient (Wildman–Crippen LogP) is 2.85. The Morgan fingerprint density at radius 3 is 2.31 bits per heavy atom. The SMILES string of the molecule is COc1cc(C)c(S(=O)(=O)NCC(=O)Nc2ccc(C)cc2C)cc1C. The average Bonchev–Trinajstić information content (AvgIpc) is 2.57. The fourth-order valence-electron chi connectivity index (χ4n) is 2.66. The molecule has 2 N–H and O–H groups in total. The average molecular weight is 376 g/mol. The Hall–Kier alpha value is -2.38. The number of carbonyl (C=O) groups excluding carboxylic acids is 1. The third kappa shape index (κ3) is 4.62. The molecule has 2 aromatic rings. The number of methoxy groups -OCH3 is 1. The van der Waals surface area contributed by atoms with Gasteiger partial charge in [-0.3, -0.25) is 4.79 Å². The third-order valence-electron chi connectivity index (χ3n) is 4.06. The smallest absolute Gasteiger partial charge is 0.241 e. The molecule has 0 atom stereocenters. The highest BCUT2D eigenvalue weighted by atomic mass is 32.2. The van der Waals surface area contributed by atoms with E-state index in [1.165, 1.54) is 7.11 Å². The van der Waals surface area contributed by atoms with E-state index in [0.29, 0.717) is 22.6 Å². The van der Waals surface area contributed by atoms with Gasteiger partial charge in [-0.1, -0.05) is 17.7 Å². The first kappa shape index (κ1) is 19.9. The second kappa shape index (κ2) is 7.88. The lowest BCUT2D eigenvalue weighted by Gasteiger charge is -2.13. The predicted molar refractivity (Wildman–Crippen MR) is 102 cm³/mol. The number of hydrogen-bond acceptors (Lipinski definition) is 4. The maximum absolute atomic E-state index is 12.5. The summed E-state index contributed by atoms with van der Waals surface area (Å²) in [5, 5.41) is 2.72. The molecule has 0 spiro atoms. The van der Waals surface area contributed by atoms with Crippen molar-refractivity contribution in [3.63, 3.8) is 0 Å². The van der Waals surface area contributed by atoms with Crippen LogP contribution >= 0.6 is 0 Å². The molecule has 0 bridgehead atoms. The highest BCUT2D eigenvalue weighted by Crippen LogP contribution is 2.25. The molecule has 0 fully saturated rings. The van der Waals surface area contributed by atoms with Crippen LogP contribution in [0.2, 0.25) is 0 Å². The number of nitrogens with one attached hydrogen (secondary N) is 2. The van der Waals surface area contributed by atoms with Crippen LogP contribution in [0.25, 0.3) is 0 Å². The van der Waals surface area contributed by atoms with Gasteiger partial charge in [0.1, 0.15) is 5.75 Å². The Labute approximate surface area is 154 Å².